The van der Waals surface area contributed by atoms with Gasteiger partial charge in [-0.1, -0.05) is 6.08 Å². The molecule has 12 heavy (non-hydrogen) atoms. The number of hydrogen-bond acceptors (Lipinski definition) is 3. The smallest absolute Gasteiger partial charge is 0.258 e. The zero-order chi connectivity index (χ0) is 9.45. The van der Waals surface area contributed by atoms with E-state index in [1.807, 2.05) is 0 Å². The molecular weight excluding hydrogens is 178 g/mol. The second-order valence-corrected chi connectivity index (χ2v) is 3.62. The molecule has 0 aromatic rings. The molecule has 0 aliphatic rings. The molecule has 5 heteroatoms. The summed E-state index contributed by atoms with van der Waals surface area (Å²) in [6, 6.07) is 0. The lowest BCUT2D eigenvalue weighted by Crippen LogP contribution is -2.26. The third-order valence-electron chi connectivity index (χ3n) is 1.14. The first-order valence-corrected chi connectivity index (χ1v) is 5.28. The predicted molar refractivity (Wildman–Crippen MR) is 48.0 cm³/mol. The molecule has 0 bridgehead atoms. The van der Waals surface area contributed by atoms with Crippen LogP contribution in [-0.4, -0.2) is 21.6 Å². The van der Waals surface area contributed by atoms with E-state index in [0.29, 0.717) is 6.54 Å². The Bertz CT molecular complexity index is 211. The first kappa shape index (κ1) is 11.6. The normalized spacial score (nSPS) is 11.4. The maximum atomic E-state index is 10.8. The summed E-state index contributed by atoms with van der Waals surface area (Å²) in [5.41, 5.74) is 0. The van der Waals surface area contributed by atoms with E-state index < -0.39 is 10.3 Å². The number of allylic oxidation sites excluding steroid dienone is 1. The van der Waals surface area contributed by atoms with Crippen molar-refractivity contribution in [1.82, 2.24) is 4.72 Å². The zero-order valence-corrected chi connectivity index (χ0v) is 8.06. The van der Waals surface area contributed by atoms with Crippen LogP contribution in [0.2, 0.25) is 0 Å². The molecule has 4 nitrogen and oxygen atoms in total. The number of hydrogen-bond donors (Lipinski definition) is 1. The Labute approximate surface area is 73.9 Å². The van der Waals surface area contributed by atoms with Crippen LogP contribution in [0.15, 0.2) is 12.7 Å². The Balaban J connectivity index is 3.54. The average molecular weight is 193 g/mol. The SMILES string of the molecule is C=CCCCNS(=O)(=O)OCC. The number of unbranched alkanes of at least 4 members (excludes halogenated alkanes) is 1. The highest BCUT2D eigenvalue weighted by Crippen LogP contribution is 1.90. The van der Waals surface area contributed by atoms with Gasteiger partial charge in [0.25, 0.3) is 0 Å². The lowest BCUT2D eigenvalue weighted by Gasteiger charge is -2.03. The topological polar surface area (TPSA) is 55.4 Å². The molecule has 1 N–H and O–H groups in total. The second kappa shape index (κ2) is 6.16. The fraction of sp³-hybridized carbons (Fsp3) is 0.714. The van der Waals surface area contributed by atoms with Crippen molar-refractivity contribution >= 4 is 10.3 Å². The lowest BCUT2D eigenvalue weighted by atomic mass is 10.3. The summed E-state index contributed by atoms with van der Waals surface area (Å²) in [6.07, 6.45) is 3.29. The van der Waals surface area contributed by atoms with Gasteiger partial charge in [0.2, 0.25) is 0 Å². The van der Waals surface area contributed by atoms with Crippen LogP contribution in [-0.2, 0) is 14.5 Å². The first-order valence-electron chi connectivity index (χ1n) is 3.87. The van der Waals surface area contributed by atoms with Gasteiger partial charge >= 0.3 is 10.3 Å². The monoisotopic (exact) mass is 193 g/mol. The Morgan fingerprint density at radius 2 is 2.25 bits per heavy atom. The fourth-order valence-corrected chi connectivity index (χ4v) is 1.43. The summed E-state index contributed by atoms with van der Waals surface area (Å²) in [5, 5.41) is 0. The molecule has 0 radical (unpaired) electrons. The Morgan fingerprint density at radius 1 is 1.58 bits per heavy atom. The molecule has 0 aliphatic heterocycles. The van der Waals surface area contributed by atoms with Gasteiger partial charge in [-0.15, -0.1) is 6.58 Å². The van der Waals surface area contributed by atoms with Crippen molar-refractivity contribution in [1.29, 1.82) is 0 Å². The van der Waals surface area contributed by atoms with E-state index >= 15 is 0 Å². The van der Waals surface area contributed by atoms with Crippen LogP contribution in [0.4, 0.5) is 0 Å². The van der Waals surface area contributed by atoms with Crippen molar-refractivity contribution in [2.45, 2.75) is 19.8 Å². The van der Waals surface area contributed by atoms with Crippen LogP contribution in [0.3, 0.4) is 0 Å². The summed E-state index contributed by atoms with van der Waals surface area (Å²) >= 11 is 0. The molecule has 0 fully saturated rings. The summed E-state index contributed by atoms with van der Waals surface area (Å²) in [7, 11) is -3.50. The van der Waals surface area contributed by atoms with Crippen LogP contribution in [0.5, 0.6) is 0 Å². The molecule has 0 saturated carbocycles. The molecule has 72 valence electrons. The third kappa shape index (κ3) is 6.33. The molecular formula is C7H15NO3S. The highest BCUT2D eigenvalue weighted by molar-refractivity contribution is 7.84. The van der Waals surface area contributed by atoms with Crippen molar-refractivity contribution in [3.8, 4) is 0 Å². The summed E-state index contributed by atoms with van der Waals surface area (Å²) in [4.78, 5) is 0. The first-order chi connectivity index (χ1) is 5.62. The van der Waals surface area contributed by atoms with Crippen molar-refractivity contribution in [3.63, 3.8) is 0 Å². The van der Waals surface area contributed by atoms with E-state index in [1.165, 1.54) is 0 Å². The Morgan fingerprint density at radius 3 is 2.75 bits per heavy atom. The fourth-order valence-electron chi connectivity index (χ4n) is 0.640. The molecule has 0 unspecified atom stereocenters. The molecule has 0 atom stereocenters. The second-order valence-electron chi connectivity index (χ2n) is 2.19. The Kier molecular flexibility index (Phi) is 5.96. The van der Waals surface area contributed by atoms with Crippen molar-refractivity contribution < 1.29 is 12.6 Å². The minimum Gasteiger partial charge on any atom is -0.258 e. The lowest BCUT2D eigenvalue weighted by molar-refractivity contribution is 0.330. The van der Waals surface area contributed by atoms with Crippen molar-refractivity contribution in [2.75, 3.05) is 13.2 Å². The van der Waals surface area contributed by atoms with Gasteiger partial charge in [-0.2, -0.15) is 13.1 Å². The summed E-state index contributed by atoms with van der Waals surface area (Å²) < 4.78 is 28.4. The number of nitrogens with one attached hydrogen (secondary N) is 1. The van der Waals surface area contributed by atoms with Crippen LogP contribution in [0.25, 0.3) is 0 Å². The van der Waals surface area contributed by atoms with Gasteiger partial charge in [0.05, 0.1) is 6.61 Å². The molecule has 0 spiro atoms. The summed E-state index contributed by atoms with van der Waals surface area (Å²) in [6.45, 7) is 5.71. The average Bonchev–Trinajstić information content (AvgIpc) is 1.98. The third-order valence-corrected chi connectivity index (χ3v) is 2.24. The van der Waals surface area contributed by atoms with E-state index in [9.17, 15) is 8.42 Å². The van der Waals surface area contributed by atoms with Crippen LogP contribution < -0.4 is 4.72 Å². The molecule has 0 saturated heterocycles. The number of rotatable bonds is 7. The van der Waals surface area contributed by atoms with Crippen LogP contribution in [0, 0.1) is 0 Å². The quantitative estimate of drug-likeness (QED) is 0.481. The Hall–Kier alpha value is -0.390. The van der Waals surface area contributed by atoms with Gasteiger partial charge in [-0.25, -0.2) is 0 Å². The van der Waals surface area contributed by atoms with Gasteiger partial charge < -0.3 is 0 Å². The van der Waals surface area contributed by atoms with Crippen LogP contribution >= 0.6 is 0 Å². The summed E-state index contributed by atoms with van der Waals surface area (Å²) in [5.74, 6) is 0. The van der Waals surface area contributed by atoms with Crippen molar-refractivity contribution in [2.24, 2.45) is 0 Å². The van der Waals surface area contributed by atoms with Gasteiger partial charge in [-0.3, -0.25) is 4.18 Å². The van der Waals surface area contributed by atoms with Gasteiger partial charge in [-0.05, 0) is 19.8 Å². The molecule has 0 aromatic heterocycles. The molecule has 0 aromatic carbocycles. The van der Waals surface area contributed by atoms with Crippen LogP contribution in [0.1, 0.15) is 19.8 Å². The van der Waals surface area contributed by atoms with E-state index in [1.54, 1.807) is 13.0 Å². The van der Waals surface area contributed by atoms with E-state index in [4.69, 9.17) is 0 Å². The van der Waals surface area contributed by atoms with E-state index in [0.717, 1.165) is 12.8 Å². The standard InChI is InChI=1S/C7H15NO3S/c1-3-5-6-7-8-12(9,10)11-4-2/h3,8H,1,4-7H2,2H3. The van der Waals surface area contributed by atoms with Crippen molar-refractivity contribution in [3.05, 3.63) is 12.7 Å². The zero-order valence-electron chi connectivity index (χ0n) is 7.25. The minimum atomic E-state index is -3.50. The molecule has 0 aliphatic carbocycles. The van der Waals surface area contributed by atoms with E-state index in [-0.39, 0.29) is 6.61 Å². The van der Waals surface area contributed by atoms with Gasteiger partial charge in [0, 0.05) is 6.54 Å². The maximum absolute atomic E-state index is 10.8. The van der Waals surface area contributed by atoms with Gasteiger partial charge in [0.1, 0.15) is 0 Å². The molecule has 0 amide bonds. The molecule has 0 rings (SSSR count). The van der Waals surface area contributed by atoms with E-state index in [2.05, 4.69) is 15.5 Å². The molecule has 0 heterocycles. The van der Waals surface area contributed by atoms with Gasteiger partial charge in [0.15, 0.2) is 0 Å². The highest BCUT2D eigenvalue weighted by atomic mass is 32.2. The minimum absolute atomic E-state index is 0.163. The largest absolute Gasteiger partial charge is 0.335 e. The highest BCUT2D eigenvalue weighted by Gasteiger charge is 2.06. The maximum Gasteiger partial charge on any atom is 0.335 e. The predicted octanol–water partition coefficient (Wildman–Crippen LogP) is 0.824.